The smallest absolute Gasteiger partial charge is 0.264 e. The van der Waals surface area contributed by atoms with Crippen molar-refractivity contribution in [1.82, 2.24) is 10.2 Å². The molecule has 0 aromatic heterocycles. The predicted molar refractivity (Wildman–Crippen MR) is 153 cm³/mol. The molecule has 10 heteroatoms. The van der Waals surface area contributed by atoms with Gasteiger partial charge >= 0.3 is 0 Å². The van der Waals surface area contributed by atoms with E-state index >= 15 is 0 Å². The van der Waals surface area contributed by atoms with Crippen LogP contribution in [0.1, 0.15) is 38.8 Å². The first-order valence-electron chi connectivity index (χ1n) is 12.8. The summed E-state index contributed by atoms with van der Waals surface area (Å²) < 4.78 is 48.5. The number of ether oxygens (including phenoxy) is 1. The monoisotopic (exact) mass is 569 g/mol. The number of aryl methyl sites for hydroxylation is 1. The van der Waals surface area contributed by atoms with Crippen LogP contribution in [0.2, 0.25) is 0 Å². The number of methoxy groups -OCH3 is 1. The molecule has 0 radical (unpaired) electrons. The topological polar surface area (TPSA) is 96.0 Å². The fraction of sp³-hybridized carbons (Fsp3) is 0.333. The van der Waals surface area contributed by atoms with Crippen molar-refractivity contribution in [2.24, 2.45) is 0 Å². The summed E-state index contributed by atoms with van der Waals surface area (Å²) in [7, 11) is -2.71. The number of nitrogens with zero attached hydrogens (tertiary/aromatic N) is 2. The van der Waals surface area contributed by atoms with Gasteiger partial charge in [0.25, 0.3) is 10.0 Å². The number of halogens is 1. The van der Waals surface area contributed by atoms with Gasteiger partial charge in [0, 0.05) is 17.6 Å². The van der Waals surface area contributed by atoms with Gasteiger partial charge in [0.2, 0.25) is 11.8 Å². The second-order valence-electron chi connectivity index (χ2n) is 10.6. The Morgan fingerprint density at radius 3 is 2.12 bits per heavy atom. The summed E-state index contributed by atoms with van der Waals surface area (Å²) in [5.41, 5.74) is 0.721. The Morgan fingerprint density at radius 2 is 1.57 bits per heavy atom. The van der Waals surface area contributed by atoms with Crippen LogP contribution in [-0.2, 0) is 26.2 Å². The van der Waals surface area contributed by atoms with Gasteiger partial charge in [-0.3, -0.25) is 13.9 Å². The maximum absolute atomic E-state index is 14.6. The molecule has 0 bridgehead atoms. The first kappa shape index (κ1) is 30.6. The molecule has 1 N–H and O–H groups in total. The van der Waals surface area contributed by atoms with E-state index in [9.17, 15) is 22.4 Å². The van der Waals surface area contributed by atoms with E-state index in [1.165, 1.54) is 61.4 Å². The van der Waals surface area contributed by atoms with E-state index in [2.05, 4.69) is 5.32 Å². The Kier molecular flexibility index (Phi) is 9.57. The molecule has 3 aromatic carbocycles. The van der Waals surface area contributed by atoms with Crippen molar-refractivity contribution in [2.75, 3.05) is 18.0 Å². The van der Waals surface area contributed by atoms with E-state index in [0.29, 0.717) is 5.75 Å². The maximum Gasteiger partial charge on any atom is 0.264 e. The predicted octanol–water partition coefficient (Wildman–Crippen LogP) is 4.67. The van der Waals surface area contributed by atoms with Crippen molar-refractivity contribution in [3.8, 4) is 5.75 Å². The van der Waals surface area contributed by atoms with E-state index in [1.54, 1.807) is 51.1 Å². The van der Waals surface area contributed by atoms with E-state index in [1.807, 2.05) is 6.92 Å². The summed E-state index contributed by atoms with van der Waals surface area (Å²) >= 11 is 0. The minimum Gasteiger partial charge on any atom is -0.497 e. The summed E-state index contributed by atoms with van der Waals surface area (Å²) in [4.78, 5) is 28.2. The highest BCUT2D eigenvalue weighted by Crippen LogP contribution is 2.27. The summed E-state index contributed by atoms with van der Waals surface area (Å²) in [6.45, 7) is 7.94. The van der Waals surface area contributed by atoms with Crippen molar-refractivity contribution >= 4 is 27.5 Å². The molecule has 0 saturated carbocycles. The van der Waals surface area contributed by atoms with Crippen molar-refractivity contribution < 1.29 is 27.1 Å². The zero-order valence-corrected chi connectivity index (χ0v) is 24.5. The average molecular weight is 570 g/mol. The number of amides is 2. The van der Waals surface area contributed by atoms with Crippen LogP contribution in [0.4, 0.5) is 10.1 Å². The molecule has 0 spiro atoms. The van der Waals surface area contributed by atoms with Crippen LogP contribution in [0.3, 0.4) is 0 Å². The molecule has 40 heavy (non-hydrogen) atoms. The van der Waals surface area contributed by atoms with Crippen LogP contribution in [-0.4, -0.2) is 50.4 Å². The summed E-state index contributed by atoms with van der Waals surface area (Å²) in [6.07, 6.45) is 0. The second-order valence-corrected chi connectivity index (χ2v) is 12.4. The van der Waals surface area contributed by atoms with Crippen molar-refractivity contribution in [3.63, 3.8) is 0 Å². The molecular formula is C30H36FN3O5S. The zero-order valence-electron chi connectivity index (χ0n) is 23.6. The van der Waals surface area contributed by atoms with Crippen molar-refractivity contribution in [3.05, 3.63) is 89.7 Å². The maximum atomic E-state index is 14.6. The number of hydrogen-bond donors (Lipinski definition) is 1. The van der Waals surface area contributed by atoms with Crippen LogP contribution in [0.5, 0.6) is 5.75 Å². The molecule has 3 aromatic rings. The molecule has 1 atom stereocenters. The first-order valence-corrected chi connectivity index (χ1v) is 14.3. The van der Waals surface area contributed by atoms with Gasteiger partial charge in [-0.1, -0.05) is 35.9 Å². The lowest BCUT2D eigenvalue weighted by atomic mass is 10.1. The number of carbonyl (C=O) groups is 2. The normalized spacial score (nSPS) is 12.4. The summed E-state index contributed by atoms with van der Waals surface area (Å²) in [5.74, 6) is -1.15. The highest BCUT2D eigenvalue weighted by atomic mass is 32.2. The Hall–Kier alpha value is -3.92. The van der Waals surface area contributed by atoms with Gasteiger partial charge < -0.3 is 15.0 Å². The molecule has 0 aliphatic carbocycles. The third-order valence-corrected chi connectivity index (χ3v) is 8.00. The molecule has 0 fully saturated rings. The van der Waals surface area contributed by atoms with E-state index in [0.717, 1.165) is 9.87 Å². The SMILES string of the molecule is COc1ccc(N(CC(=O)N(Cc2ccccc2F)C(C)C(=O)NC(C)(C)C)S(=O)(=O)c2ccc(C)cc2)cc1. The van der Waals surface area contributed by atoms with Gasteiger partial charge in [0.05, 0.1) is 17.7 Å². The van der Waals surface area contributed by atoms with Gasteiger partial charge in [-0.2, -0.15) is 0 Å². The van der Waals surface area contributed by atoms with Crippen molar-refractivity contribution in [2.45, 2.75) is 57.6 Å². The third-order valence-electron chi connectivity index (χ3n) is 6.21. The number of carbonyl (C=O) groups excluding carboxylic acids is 2. The molecule has 1 unspecified atom stereocenters. The van der Waals surface area contributed by atoms with Crippen LogP contribution in [0, 0.1) is 12.7 Å². The minimum atomic E-state index is -4.20. The highest BCUT2D eigenvalue weighted by molar-refractivity contribution is 7.92. The Labute approximate surface area is 235 Å². The molecule has 0 heterocycles. The lowest BCUT2D eigenvalue weighted by molar-refractivity contribution is -0.140. The largest absolute Gasteiger partial charge is 0.497 e. The molecule has 0 saturated heterocycles. The highest BCUT2D eigenvalue weighted by Gasteiger charge is 2.33. The fourth-order valence-electron chi connectivity index (χ4n) is 3.98. The fourth-order valence-corrected chi connectivity index (χ4v) is 5.40. The summed E-state index contributed by atoms with van der Waals surface area (Å²) in [5, 5.41) is 2.84. The van der Waals surface area contributed by atoms with Gasteiger partial charge in [-0.15, -0.1) is 0 Å². The molecule has 2 amide bonds. The number of nitrogens with one attached hydrogen (secondary N) is 1. The first-order chi connectivity index (χ1) is 18.7. The lowest BCUT2D eigenvalue weighted by Gasteiger charge is -2.33. The molecule has 3 rings (SSSR count). The third kappa shape index (κ3) is 7.59. The molecule has 0 aliphatic rings. The average Bonchev–Trinajstić information content (AvgIpc) is 2.90. The van der Waals surface area contributed by atoms with Gasteiger partial charge in [0.1, 0.15) is 24.2 Å². The van der Waals surface area contributed by atoms with Crippen LogP contribution in [0.15, 0.2) is 77.7 Å². The van der Waals surface area contributed by atoms with E-state index < -0.39 is 45.8 Å². The van der Waals surface area contributed by atoms with Crippen LogP contribution >= 0.6 is 0 Å². The number of benzene rings is 3. The van der Waals surface area contributed by atoms with Crippen molar-refractivity contribution in [1.29, 1.82) is 0 Å². The van der Waals surface area contributed by atoms with Gasteiger partial charge in [0.15, 0.2) is 0 Å². The molecule has 0 aliphatic heterocycles. The summed E-state index contributed by atoms with van der Waals surface area (Å²) in [6, 6.07) is 17.5. The second kappa shape index (κ2) is 12.5. The Morgan fingerprint density at radius 1 is 0.975 bits per heavy atom. The molecular weight excluding hydrogens is 533 g/mol. The lowest BCUT2D eigenvalue weighted by Crippen LogP contribution is -2.54. The van der Waals surface area contributed by atoms with Gasteiger partial charge in [-0.05, 0) is 77.1 Å². The minimum absolute atomic E-state index is 0.000830. The molecule has 8 nitrogen and oxygen atoms in total. The van der Waals surface area contributed by atoms with E-state index in [4.69, 9.17) is 4.74 Å². The zero-order chi connectivity index (χ0) is 29.7. The Bertz CT molecular complexity index is 1440. The molecule has 214 valence electrons. The standard InChI is InChI=1S/C30H36FN3O5S/c1-21-11-17-26(18-12-21)40(37,38)34(24-13-15-25(39-6)16-14-24)20-28(35)33(19-23-9-7-8-10-27(23)31)22(2)29(36)32-30(3,4)5/h7-18,22H,19-20H2,1-6H3,(H,32,36). The number of sulfonamides is 1. The van der Waals surface area contributed by atoms with E-state index in [-0.39, 0.29) is 22.7 Å². The number of anilines is 1. The quantitative estimate of drug-likeness (QED) is 0.383. The number of hydrogen-bond acceptors (Lipinski definition) is 5. The number of rotatable bonds is 10. The Balaban J connectivity index is 2.05. The van der Waals surface area contributed by atoms with Gasteiger partial charge in [-0.25, -0.2) is 12.8 Å². The van der Waals surface area contributed by atoms with Crippen LogP contribution in [0.25, 0.3) is 0 Å². The van der Waals surface area contributed by atoms with Crippen LogP contribution < -0.4 is 14.4 Å².